The molecule has 0 fully saturated rings. The van der Waals surface area contributed by atoms with E-state index in [0.29, 0.717) is 12.2 Å². The van der Waals surface area contributed by atoms with Crippen molar-refractivity contribution in [3.05, 3.63) is 71.8 Å². The van der Waals surface area contributed by atoms with Gasteiger partial charge in [-0.05, 0) is 34.5 Å². The van der Waals surface area contributed by atoms with Crippen molar-refractivity contribution in [1.82, 2.24) is 0 Å². The molecule has 0 radical (unpaired) electrons. The van der Waals surface area contributed by atoms with E-state index in [4.69, 9.17) is 5.73 Å². The number of carbonyl (C=O) groups excluding carboxylic acids is 1. The highest BCUT2D eigenvalue weighted by molar-refractivity contribution is 6.08. The summed E-state index contributed by atoms with van der Waals surface area (Å²) < 4.78 is 0. The molecule has 1 amide bonds. The number of hydrogen-bond donors (Lipinski definition) is 3. The molecule has 0 heterocycles. The van der Waals surface area contributed by atoms with Crippen molar-refractivity contribution < 1.29 is 9.90 Å². The monoisotopic (exact) mass is 292 g/mol. The minimum absolute atomic E-state index is 0.0403. The van der Waals surface area contributed by atoms with E-state index in [2.05, 4.69) is 5.32 Å². The van der Waals surface area contributed by atoms with Crippen LogP contribution in [0.3, 0.4) is 0 Å². The van der Waals surface area contributed by atoms with E-state index in [1.54, 1.807) is 18.2 Å². The van der Waals surface area contributed by atoms with Gasteiger partial charge in [-0.15, -0.1) is 0 Å². The van der Waals surface area contributed by atoms with Crippen LogP contribution in [0.25, 0.3) is 10.8 Å². The molecule has 0 aliphatic carbocycles. The normalized spacial score (nSPS) is 10.6. The van der Waals surface area contributed by atoms with Crippen molar-refractivity contribution >= 4 is 22.4 Å². The second kappa shape index (κ2) is 5.87. The highest BCUT2D eigenvalue weighted by Gasteiger charge is 2.13. The fourth-order valence-corrected chi connectivity index (χ4v) is 2.42. The van der Waals surface area contributed by atoms with Gasteiger partial charge in [-0.3, -0.25) is 4.79 Å². The molecule has 4 N–H and O–H groups in total. The Labute approximate surface area is 128 Å². The molecule has 3 aromatic carbocycles. The molecule has 0 spiro atoms. The van der Waals surface area contributed by atoms with Gasteiger partial charge in [0.15, 0.2) is 0 Å². The summed E-state index contributed by atoms with van der Waals surface area (Å²) in [6, 6.07) is 18.2. The Kier molecular flexibility index (Phi) is 3.76. The van der Waals surface area contributed by atoms with Gasteiger partial charge in [-0.25, -0.2) is 0 Å². The lowest BCUT2D eigenvalue weighted by Gasteiger charge is -2.11. The number of aromatic hydroxyl groups is 1. The summed E-state index contributed by atoms with van der Waals surface area (Å²) in [6.07, 6.45) is 0. The third-order valence-electron chi connectivity index (χ3n) is 3.59. The minimum atomic E-state index is -0.357. The second-order valence-electron chi connectivity index (χ2n) is 5.03. The van der Waals surface area contributed by atoms with Gasteiger partial charge in [0, 0.05) is 12.2 Å². The van der Waals surface area contributed by atoms with Crippen LogP contribution >= 0.6 is 0 Å². The van der Waals surface area contributed by atoms with Crippen molar-refractivity contribution in [2.24, 2.45) is 5.73 Å². The van der Waals surface area contributed by atoms with Gasteiger partial charge in [0.2, 0.25) is 0 Å². The number of hydrogen-bond acceptors (Lipinski definition) is 3. The number of anilines is 1. The lowest BCUT2D eigenvalue weighted by atomic mass is 10.0. The summed E-state index contributed by atoms with van der Waals surface area (Å²) >= 11 is 0. The Balaban J connectivity index is 1.97. The van der Waals surface area contributed by atoms with Crippen molar-refractivity contribution in [3.63, 3.8) is 0 Å². The number of carbonyl (C=O) groups is 1. The number of phenolic OH excluding ortho intramolecular Hbond substituents is 1. The topological polar surface area (TPSA) is 75.3 Å². The molecule has 0 aliphatic heterocycles. The van der Waals surface area contributed by atoms with Crippen LogP contribution in [0, 0.1) is 0 Å². The first-order valence-electron chi connectivity index (χ1n) is 7.00. The number of fused-ring (bicyclic) bond motifs is 1. The third-order valence-corrected chi connectivity index (χ3v) is 3.59. The number of nitrogens with one attached hydrogen (secondary N) is 1. The Morgan fingerprint density at radius 3 is 2.36 bits per heavy atom. The Morgan fingerprint density at radius 2 is 1.64 bits per heavy atom. The smallest absolute Gasteiger partial charge is 0.259 e. The molecule has 110 valence electrons. The predicted molar refractivity (Wildman–Crippen MR) is 87.9 cm³/mol. The van der Waals surface area contributed by atoms with Crippen LogP contribution in [0.1, 0.15) is 15.9 Å². The molecule has 3 aromatic rings. The highest BCUT2D eigenvalue weighted by Crippen LogP contribution is 2.26. The van der Waals surface area contributed by atoms with Crippen molar-refractivity contribution in [2.75, 3.05) is 5.32 Å². The SMILES string of the molecule is NCc1ccccc1NC(=O)c1cc2ccccc2cc1O. The molecular weight excluding hydrogens is 276 g/mol. The molecule has 0 saturated heterocycles. The van der Waals surface area contributed by atoms with Gasteiger partial charge in [-0.2, -0.15) is 0 Å². The molecule has 0 unspecified atom stereocenters. The average Bonchev–Trinajstić information content (AvgIpc) is 2.54. The highest BCUT2D eigenvalue weighted by atomic mass is 16.3. The summed E-state index contributed by atoms with van der Waals surface area (Å²) in [7, 11) is 0. The zero-order valence-corrected chi connectivity index (χ0v) is 11.9. The zero-order chi connectivity index (χ0) is 15.5. The first-order chi connectivity index (χ1) is 10.7. The van der Waals surface area contributed by atoms with Gasteiger partial charge in [0.1, 0.15) is 5.75 Å². The molecule has 0 aliphatic rings. The van der Waals surface area contributed by atoms with Crippen LogP contribution in [0.15, 0.2) is 60.7 Å². The maximum absolute atomic E-state index is 12.4. The number of rotatable bonds is 3. The van der Waals surface area contributed by atoms with Gasteiger partial charge >= 0.3 is 0 Å². The number of benzene rings is 3. The van der Waals surface area contributed by atoms with Crippen LogP contribution < -0.4 is 11.1 Å². The molecule has 22 heavy (non-hydrogen) atoms. The quantitative estimate of drug-likeness (QED) is 0.693. The fraction of sp³-hybridized carbons (Fsp3) is 0.0556. The Bertz CT molecular complexity index is 843. The van der Waals surface area contributed by atoms with E-state index in [-0.39, 0.29) is 17.2 Å². The lowest BCUT2D eigenvalue weighted by molar-refractivity contribution is 0.102. The largest absolute Gasteiger partial charge is 0.507 e. The third kappa shape index (κ3) is 2.64. The maximum Gasteiger partial charge on any atom is 0.259 e. The molecule has 0 aromatic heterocycles. The van der Waals surface area contributed by atoms with Gasteiger partial charge < -0.3 is 16.2 Å². The lowest BCUT2D eigenvalue weighted by Crippen LogP contribution is -2.14. The summed E-state index contributed by atoms with van der Waals surface area (Å²) in [5.74, 6) is -0.398. The minimum Gasteiger partial charge on any atom is -0.507 e. The van der Waals surface area contributed by atoms with Crippen molar-refractivity contribution in [1.29, 1.82) is 0 Å². The van der Waals surface area contributed by atoms with Crippen LogP contribution in [0.2, 0.25) is 0 Å². The molecule has 4 heteroatoms. The molecule has 0 atom stereocenters. The molecule has 0 saturated carbocycles. The number of amides is 1. The standard InChI is InChI=1S/C18H16N2O2/c19-11-14-7-3-4-8-16(14)20-18(22)15-9-12-5-1-2-6-13(12)10-17(15)21/h1-10,21H,11,19H2,(H,20,22). The van der Waals surface area contributed by atoms with E-state index in [9.17, 15) is 9.90 Å². The van der Waals surface area contributed by atoms with Crippen LogP contribution in [0.4, 0.5) is 5.69 Å². The molecule has 0 bridgehead atoms. The molecule has 4 nitrogen and oxygen atoms in total. The second-order valence-corrected chi connectivity index (χ2v) is 5.03. The van der Waals surface area contributed by atoms with Gasteiger partial charge in [0.05, 0.1) is 5.56 Å². The molecule has 3 rings (SSSR count). The summed E-state index contributed by atoms with van der Waals surface area (Å²) in [5.41, 5.74) is 7.41. The van der Waals surface area contributed by atoms with E-state index in [1.165, 1.54) is 0 Å². The number of phenols is 1. The first-order valence-corrected chi connectivity index (χ1v) is 7.00. The summed E-state index contributed by atoms with van der Waals surface area (Å²) in [5, 5.41) is 14.7. The summed E-state index contributed by atoms with van der Waals surface area (Å²) in [4.78, 5) is 12.4. The van der Waals surface area contributed by atoms with E-state index < -0.39 is 0 Å². The maximum atomic E-state index is 12.4. The van der Waals surface area contributed by atoms with E-state index in [1.807, 2.05) is 42.5 Å². The van der Waals surface area contributed by atoms with Gasteiger partial charge in [0.25, 0.3) is 5.91 Å². The Hall–Kier alpha value is -2.85. The zero-order valence-electron chi connectivity index (χ0n) is 11.9. The van der Waals surface area contributed by atoms with E-state index >= 15 is 0 Å². The van der Waals surface area contributed by atoms with Crippen molar-refractivity contribution in [2.45, 2.75) is 6.54 Å². The fourth-order valence-electron chi connectivity index (χ4n) is 2.42. The first kappa shape index (κ1) is 14.1. The number of para-hydroxylation sites is 1. The van der Waals surface area contributed by atoms with Crippen molar-refractivity contribution in [3.8, 4) is 5.75 Å². The Morgan fingerprint density at radius 1 is 1.00 bits per heavy atom. The average molecular weight is 292 g/mol. The van der Waals surface area contributed by atoms with Crippen LogP contribution in [-0.2, 0) is 6.54 Å². The van der Waals surface area contributed by atoms with Crippen LogP contribution in [-0.4, -0.2) is 11.0 Å². The molecular formula is C18H16N2O2. The van der Waals surface area contributed by atoms with Crippen LogP contribution in [0.5, 0.6) is 5.75 Å². The van der Waals surface area contributed by atoms with E-state index in [0.717, 1.165) is 16.3 Å². The van der Waals surface area contributed by atoms with Gasteiger partial charge in [-0.1, -0.05) is 42.5 Å². The number of nitrogens with two attached hydrogens (primary N) is 1. The predicted octanol–water partition coefficient (Wildman–Crippen LogP) is 3.26. The summed E-state index contributed by atoms with van der Waals surface area (Å²) in [6.45, 7) is 0.333.